The molecular formula is C15H14ClNO3S. The van der Waals surface area contributed by atoms with Crippen molar-refractivity contribution in [2.45, 2.75) is 20.0 Å². The maximum Gasteiger partial charge on any atom is 0.349 e. The van der Waals surface area contributed by atoms with E-state index in [2.05, 4.69) is 5.32 Å². The molecule has 0 unspecified atom stereocenters. The lowest BCUT2D eigenvalue weighted by Gasteiger charge is -2.13. The molecule has 0 aliphatic rings. The van der Waals surface area contributed by atoms with Crippen LogP contribution in [0.2, 0.25) is 4.34 Å². The van der Waals surface area contributed by atoms with Crippen LogP contribution in [-0.2, 0) is 9.53 Å². The van der Waals surface area contributed by atoms with Gasteiger partial charge in [-0.3, -0.25) is 4.79 Å². The molecule has 1 aromatic carbocycles. The van der Waals surface area contributed by atoms with Crippen LogP contribution in [0, 0.1) is 6.92 Å². The van der Waals surface area contributed by atoms with Crippen LogP contribution in [0.1, 0.15) is 22.2 Å². The molecule has 0 fully saturated rings. The maximum atomic E-state index is 12.0. The van der Waals surface area contributed by atoms with Crippen molar-refractivity contribution in [3.63, 3.8) is 0 Å². The number of esters is 1. The van der Waals surface area contributed by atoms with Crippen molar-refractivity contribution in [2.24, 2.45) is 0 Å². The minimum absolute atomic E-state index is 0.370. The fourth-order valence-electron chi connectivity index (χ4n) is 1.58. The van der Waals surface area contributed by atoms with Crippen molar-refractivity contribution >= 4 is 40.5 Å². The first kappa shape index (κ1) is 15.5. The molecule has 1 heterocycles. The van der Waals surface area contributed by atoms with Crippen molar-refractivity contribution in [3.05, 3.63) is 51.2 Å². The number of ether oxygens (including phenoxy) is 1. The van der Waals surface area contributed by atoms with E-state index in [0.29, 0.717) is 14.9 Å². The van der Waals surface area contributed by atoms with Crippen molar-refractivity contribution in [2.75, 3.05) is 5.32 Å². The number of carbonyl (C=O) groups excluding carboxylic acids is 2. The molecule has 110 valence electrons. The fraction of sp³-hybridized carbons (Fsp3) is 0.200. The highest BCUT2D eigenvalue weighted by Crippen LogP contribution is 2.22. The summed E-state index contributed by atoms with van der Waals surface area (Å²) in [6.07, 6.45) is -0.889. The van der Waals surface area contributed by atoms with Crippen LogP contribution in [0.15, 0.2) is 36.4 Å². The van der Waals surface area contributed by atoms with Crippen LogP contribution in [0.25, 0.3) is 0 Å². The Hall–Kier alpha value is -1.85. The highest BCUT2D eigenvalue weighted by atomic mass is 35.5. The van der Waals surface area contributed by atoms with Crippen LogP contribution in [0.5, 0.6) is 0 Å². The molecule has 0 aliphatic heterocycles. The van der Waals surface area contributed by atoms with Crippen molar-refractivity contribution < 1.29 is 14.3 Å². The first-order valence-corrected chi connectivity index (χ1v) is 7.49. The number of aryl methyl sites for hydroxylation is 1. The highest BCUT2D eigenvalue weighted by molar-refractivity contribution is 7.17. The lowest BCUT2D eigenvalue weighted by Crippen LogP contribution is -2.29. The predicted molar refractivity (Wildman–Crippen MR) is 84.0 cm³/mol. The molecule has 0 spiro atoms. The Kier molecular flexibility index (Phi) is 4.98. The summed E-state index contributed by atoms with van der Waals surface area (Å²) in [5.74, 6) is -0.937. The van der Waals surface area contributed by atoms with Gasteiger partial charge in [0.2, 0.25) is 0 Å². The van der Waals surface area contributed by atoms with Gasteiger partial charge in [0.25, 0.3) is 5.91 Å². The number of rotatable bonds is 4. The summed E-state index contributed by atoms with van der Waals surface area (Å²) in [4.78, 5) is 24.1. The Bertz CT molecular complexity index is 651. The van der Waals surface area contributed by atoms with Crippen LogP contribution in [0.4, 0.5) is 5.69 Å². The van der Waals surface area contributed by atoms with Gasteiger partial charge in [-0.05, 0) is 38.1 Å². The van der Waals surface area contributed by atoms with Gasteiger partial charge >= 0.3 is 5.97 Å². The van der Waals surface area contributed by atoms with Gasteiger partial charge in [-0.25, -0.2) is 4.79 Å². The lowest BCUT2D eigenvalue weighted by molar-refractivity contribution is -0.123. The van der Waals surface area contributed by atoms with Crippen molar-refractivity contribution in [3.8, 4) is 0 Å². The number of thiophene rings is 1. The van der Waals surface area contributed by atoms with Gasteiger partial charge in [0.05, 0.1) is 4.34 Å². The molecule has 4 nitrogen and oxygen atoms in total. The SMILES string of the molecule is Cc1ccc(NC(=O)[C@@H](C)OC(=O)c2ccc(Cl)s2)cc1. The fourth-order valence-corrected chi connectivity index (χ4v) is 2.50. The van der Waals surface area contributed by atoms with E-state index in [0.717, 1.165) is 16.9 Å². The summed E-state index contributed by atoms with van der Waals surface area (Å²) in [5, 5.41) is 2.69. The number of hydrogen-bond acceptors (Lipinski definition) is 4. The molecular weight excluding hydrogens is 310 g/mol. The number of anilines is 1. The van der Waals surface area contributed by atoms with Gasteiger partial charge in [0, 0.05) is 5.69 Å². The minimum Gasteiger partial charge on any atom is -0.448 e. The molecule has 1 amide bonds. The zero-order valence-electron chi connectivity index (χ0n) is 11.6. The number of amides is 1. The Balaban J connectivity index is 1.93. The molecule has 0 saturated carbocycles. The Labute approximate surface area is 131 Å². The third-order valence-corrected chi connectivity index (χ3v) is 3.96. The molecule has 0 bridgehead atoms. The van der Waals surface area contributed by atoms with Gasteiger partial charge in [-0.1, -0.05) is 29.3 Å². The molecule has 6 heteroatoms. The third kappa shape index (κ3) is 4.31. The summed E-state index contributed by atoms with van der Waals surface area (Å²) in [6, 6.07) is 10.5. The molecule has 1 atom stereocenters. The normalized spacial score (nSPS) is 11.8. The van der Waals surface area contributed by atoms with Crippen LogP contribution >= 0.6 is 22.9 Å². The van der Waals surface area contributed by atoms with Crippen LogP contribution in [-0.4, -0.2) is 18.0 Å². The predicted octanol–water partition coefficient (Wildman–Crippen LogP) is 3.89. The average molecular weight is 324 g/mol. The first-order valence-electron chi connectivity index (χ1n) is 6.29. The minimum atomic E-state index is -0.889. The largest absolute Gasteiger partial charge is 0.448 e. The van der Waals surface area contributed by atoms with E-state index < -0.39 is 12.1 Å². The highest BCUT2D eigenvalue weighted by Gasteiger charge is 2.20. The van der Waals surface area contributed by atoms with Crippen molar-refractivity contribution in [1.29, 1.82) is 0 Å². The zero-order valence-corrected chi connectivity index (χ0v) is 13.1. The maximum absolute atomic E-state index is 12.0. The summed E-state index contributed by atoms with van der Waals surface area (Å²) in [5.41, 5.74) is 1.76. The van der Waals surface area contributed by atoms with E-state index in [1.54, 1.807) is 24.3 Å². The molecule has 0 saturated heterocycles. The summed E-state index contributed by atoms with van der Waals surface area (Å²) < 4.78 is 5.61. The van der Waals surface area contributed by atoms with Gasteiger partial charge in [0.15, 0.2) is 6.10 Å². The quantitative estimate of drug-likeness (QED) is 0.868. The molecule has 2 rings (SSSR count). The number of benzene rings is 1. The molecule has 0 radical (unpaired) electrons. The molecule has 2 aromatic rings. The second kappa shape index (κ2) is 6.74. The number of hydrogen-bond donors (Lipinski definition) is 1. The van der Waals surface area contributed by atoms with Gasteiger partial charge in [-0.2, -0.15) is 0 Å². The number of halogens is 1. The van der Waals surface area contributed by atoms with E-state index in [-0.39, 0.29) is 5.91 Å². The van der Waals surface area contributed by atoms with E-state index in [1.165, 1.54) is 6.92 Å². The Morgan fingerprint density at radius 2 is 1.86 bits per heavy atom. The van der Waals surface area contributed by atoms with Crippen molar-refractivity contribution in [1.82, 2.24) is 0 Å². The van der Waals surface area contributed by atoms with Gasteiger partial charge in [0.1, 0.15) is 4.88 Å². The average Bonchev–Trinajstić information content (AvgIpc) is 2.88. The second-order valence-electron chi connectivity index (χ2n) is 4.51. The third-order valence-electron chi connectivity index (χ3n) is 2.75. The van der Waals surface area contributed by atoms with Gasteiger partial charge in [-0.15, -0.1) is 11.3 Å². The summed E-state index contributed by atoms with van der Waals surface area (Å²) in [7, 11) is 0. The molecule has 0 aliphatic carbocycles. The Morgan fingerprint density at radius 3 is 2.43 bits per heavy atom. The molecule has 1 N–H and O–H groups in total. The molecule has 1 aromatic heterocycles. The van der Waals surface area contributed by atoms with Gasteiger partial charge < -0.3 is 10.1 Å². The van der Waals surface area contributed by atoms with E-state index in [9.17, 15) is 9.59 Å². The topological polar surface area (TPSA) is 55.4 Å². The zero-order chi connectivity index (χ0) is 15.4. The Morgan fingerprint density at radius 1 is 1.19 bits per heavy atom. The standard InChI is InChI=1S/C15H14ClNO3S/c1-9-3-5-11(6-4-9)17-14(18)10(2)20-15(19)12-7-8-13(16)21-12/h3-8,10H,1-2H3,(H,17,18)/t10-/m1/s1. The van der Waals surface area contributed by atoms with Crippen LogP contribution < -0.4 is 5.32 Å². The molecule has 21 heavy (non-hydrogen) atoms. The van der Waals surface area contributed by atoms with E-state index in [4.69, 9.17) is 16.3 Å². The first-order chi connectivity index (χ1) is 9.95. The second-order valence-corrected chi connectivity index (χ2v) is 6.22. The number of nitrogens with one attached hydrogen (secondary N) is 1. The van der Waals surface area contributed by atoms with E-state index >= 15 is 0 Å². The lowest BCUT2D eigenvalue weighted by atomic mass is 10.2. The summed E-state index contributed by atoms with van der Waals surface area (Å²) >= 11 is 6.87. The monoisotopic (exact) mass is 323 g/mol. The number of carbonyl (C=O) groups is 2. The van der Waals surface area contributed by atoms with Crippen LogP contribution in [0.3, 0.4) is 0 Å². The summed E-state index contributed by atoms with van der Waals surface area (Å²) in [6.45, 7) is 3.48. The smallest absolute Gasteiger partial charge is 0.349 e. The van der Waals surface area contributed by atoms with E-state index in [1.807, 2.05) is 19.1 Å².